The van der Waals surface area contributed by atoms with Crippen molar-refractivity contribution in [3.05, 3.63) is 64.2 Å². The summed E-state index contributed by atoms with van der Waals surface area (Å²) >= 11 is 0. The second kappa shape index (κ2) is 7.13. The maximum Gasteiger partial charge on any atom is 0.309 e. The van der Waals surface area contributed by atoms with Gasteiger partial charge in [-0.2, -0.15) is 5.10 Å². The van der Waals surface area contributed by atoms with Crippen LogP contribution in [0.25, 0.3) is 0 Å². The van der Waals surface area contributed by atoms with E-state index in [1.165, 1.54) is 24.1 Å². The third-order valence-electron chi connectivity index (χ3n) is 3.82. The normalized spacial score (nSPS) is 11.9. The number of amides is 1. The van der Waals surface area contributed by atoms with Crippen LogP contribution in [0.5, 0.6) is 0 Å². The summed E-state index contributed by atoms with van der Waals surface area (Å²) in [5, 5.41) is 21.7. The van der Waals surface area contributed by atoms with Crippen LogP contribution in [0, 0.1) is 17.0 Å². The molecular weight excluding hydrogens is 338 g/mol. The van der Waals surface area contributed by atoms with Crippen molar-refractivity contribution < 1.29 is 9.72 Å². The molecule has 0 saturated heterocycles. The Hall–Kier alpha value is -3.56. The number of nitrogens with zero attached hydrogens (tertiary/aromatic N) is 6. The summed E-state index contributed by atoms with van der Waals surface area (Å²) < 4.78 is 2.86. The van der Waals surface area contributed by atoms with E-state index in [1.54, 1.807) is 11.6 Å². The van der Waals surface area contributed by atoms with Gasteiger partial charge in [0.25, 0.3) is 5.91 Å². The summed E-state index contributed by atoms with van der Waals surface area (Å²) in [6, 6.07) is 8.98. The van der Waals surface area contributed by atoms with E-state index in [0.717, 1.165) is 5.56 Å². The average molecular weight is 355 g/mol. The quantitative estimate of drug-likeness (QED) is 0.533. The van der Waals surface area contributed by atoms with Gasteiger partial charge in [-0.1, -0.05) is 30.3 Å². The Bertz CT molecular complexity index is 932. The molecule has 2 heterocycles. The van der Waals surface area contributed by atoms with Gasteiger partial charge < -0.3 is 0 Å². The molecule has 0 aliphatic carbocycles. The van der Waals surface area contributed by atoms with Gasteiger partial charge in [-0.3, -0.25) is 24.9 Å². The smallest absolute Gasteiger partial charge is 0.291 e. The summed E-state index contributed by atoms with van der Waals surface area (Å²) in [7, 11) is 0. The van der Waals surface area contributed by atoms with Crippen LogP contribution >= 0.6 is 0 Å². The maximum absolute atomic E-state index is 12.3. The van der Waals surface area contributed by atoms with E-state index in [2.05, 4.69) is 20.5 Å². The number of aromatic nitrogens is 5. The minimum atomic E-state index is -0.747. The van der Waals surface area contributed by atoms with E-state index in [9.17, 15) is 14.9 Å². The van der Waals surface area contributed by atoms with Crippen molar-refractivity contribution >= 4 is 17.5 Å². The molecule has 0 aliphatic rings. The minimum absolute atomic E-state index is 0.130. The molecule has 1 N–H and O–H groups in total. The van der Waals surface area contributed by atoms with E-state index in [-0.39, 0.29) is 17.3 Å². The fourth-order valence-corrected chi connectivity index (χ4v) is 2.38. The molecule has 0 saturated carbocycles. The zero-order valence-corrected chi connectivity index (χ0v) is 14.2. The Morgan fingerprint density at radius 2 is 2.04 bits per heavy atom. The first kappa shape index (κ1) is 17.3. The molecular formula is C16H17N7O3. The predicted molar refractivity (Wildman–Crippen MR) is 92.5 cm³/mol. The number of hydrogen-bond acceptors (Lipinski definition) is 6. The number of aryl methyl sites for hydroxylation is 1. The lowest BCUT2D eigenvalue weighted by atomic mass is 10.2. The maximum atomic E-state index is 12.3. The molecule has 1 unspecified atom stereocenters. The first-order valence-corrected chi connectivity index (χ1v) is 7.88. The number of nitro groups is 1. The molecule has 1 atom stereocenters. The first-order valence-electron chi connectivity index (χ1n) is 7.88. The number of anilines is 1. The lowest BCUT2D eigenvalue weighted by Crippen LogP contribution is -2.24. The first-order chi connectivity index (χ1) is 12.4. The number of carbonyl (C=O) groups is 1. The van der Waals surface area contributed by atoms with E-state index < -0.39 is 16.9 Å². The van der Waals surface area contributed by atoms with Crippen LogP contribution in [0.3, 0.4) is 0 Å². The number of rotatable bonds is 6. The highest BCUT2D eigenvalue weighted by Crippen LogP contribution is 2.18. The number of hydrogen-bond donors (Lipinski definition) is 1. The second-order valence-electron chi connectivity index (χ2n) is 5.75. The van der Waals surface area contributed by atoms with E-state index >= 15 is 0 Å². The van der Waals surface area contributed by atoms with Crippen molar-refractivity contribution in [2.45, 2.75) is 26.4 Å². The van der Waals surface area contributed by atoms with Gasteiger partial charge in [-0.15, -0.1) is 5.10 Å². The standard InChI is InChI=1S/C16H17N7O3/c1-11-14(23(25)26)9-22(19-11)12(2)15(24)18-16-17-10-21(20-16)8-13-6-4-3-5-7-13/h3-7,9-10,12H,8H2,1-2H3,(H,18,20,24). The molecule has 0 fully saturated rings. The summed E-state index contributed by atoms with van der Waals surface area (Å²) in [5.74, 6) is -0.254. The minimum Gasteiger partial charge on any atom is -0.291 e. The van der Waals surface area contributed by atoms with Gasteiger partial charge in [0, 0.05) is 0 Å². The van der Waals surface area contributed by atoms with Gasteiger partial charge in [-0.05, 0) is 19.4 Å². The van der Waals surface area contributed by atoms with Gasteiger partial charge in [0.15, 0.2) is 0 Å². The molecule has 3 rings (SSSR count). The van der Waals surface area contributed by atoms with Crippen molar-refractivity contribution in [3.8, 4) is 0 Å². The highest BCUT2D eigenvalue weighted by atomic mass is 16.6. The van der Waals surface area contributed by atoms with Crippen LogP contribution in [0.15, 0.2) is 42.9 Å². The number of benzene rings is 1. The second-order valence-corrected chi connectivity index (χ2v) is 5.75. The Morgan fingerprint density at radius 1 is 1.31 bits per heavy atom. The lowest BCUT2D eigenvalue weighted by molar-refractivity contribution is -0.385. The molecule has 26 heavy (non-hydrogen) atoms. The SMILES string of the molecule is Cc1nn(C(C)C(=O)Nc2ncn(Cc3ccccc3)n2)cc1[N+](=O)[O-]. The molecule has 134 valence electrons. The number of carbonyl (C=O) groups excluding carboxylic acids is 1. The van der Waals surface area contributed by atoms with Crippen molar-refractivity contribution in [3.63, 3.8) is 0 Å². The van der Waals surface area contributed by atoms with Gasteiger partial charge in [0.05, 0.1) is 11.5 Å². The van der Waals surface area contributed by atoms with Gasteiger partial charge in [0.2, 0.25) is 5.95 Å². The van der Waals surface area contributed by atoms with Crippen LogP contribution in [0.2, 0.25) is 0 Å². The fraction of sp³-hybridized carbons (Fsp3) is 0.250. The summed E-state index contributed by atoms with van der Waals surface area (Å²) in [6.07, 6.45) is 2.76. The highest BCUT2D eigenvalue weighted by molar-refractivity contribution is 5.91. The van der Waals surface area contributed by atoms with E-state index in [4.69, 9.17) is 0 Å². The van der Waals surface area contributed by atoms with Gasteiger partial charge in [-0.25, -0.2) is 9.67 Å². The van der Waals surface area contributed by atoms with E-state index in [1.807, 2.05) is 30.3 Å². The largest absolute Gasteiger partial charge is 0.309 e. The topological polar surface area (TPSA) is 121 Å². The summed E-state index contributed by atoms with van der Waals surface area (Å²) in [5.41, 5.74) is 1.18. The molecule has 0 spiro atoms. The predicted octanol–water partition coefficient (Wildman–Crippen LogP) is 1.94. The van der Waals surface area contributed by atoms with Crippen molar-refractivity contribution in [1.29, 1.82) is 0 Å². The van der Waals surface area contributed by atoms with Crippen molar-refractivity contribution in [1.82, 2.24) is 24.5 Å². The molecule has 10 heteroatoms. The average Bonchev–Trinajstić information content (AvgIpc) is 3.21. The third-order valence-corrected chi connectivity index (χ3v) is 3.82. The Kier molecular flexibility index (Phi) is 4.74. The summed E-state index contributed by atoms with van der Waals surface area (Å²) in [4.78, 5) is 26.8. The Balaban J connectivity index is 1.66. The van der Waals surface area contributed by atoms with Crippen LogP contribution in [0.1, 0.15) is 24.2 Å². The Morgan fingerprint density at radius 3 is 2.69 bits per heavy atom. The zero-order valence-electron chi connectivity index (χ0n) is 14.2. The monoisotopic (exact) mass is 355 g/mol. The molecule has 0 bridgehead atoms. The van der Waals surface area contributed by atoms with Crippen LogP contribution in [-0.4, -0.2) is 35.4 Å². The molecule has 2 aromatic heterocycles. The van der Waals surface area contributed by atoms with Crippen molar-refractivity contribution in [2.75, 3.05) is 5.32 Å². The van der Waals surface area contributed by atoms with Gasteiger partial charge in [0.1, 0.15) is 24.3 Å². The lowest BCUT2D eigenvalue weighted by Gasteiger charge is -2.10. The Labute approximate surface area is 148 Å². The molecule has 1 amide bonds. The number of nitrogens with one attached hydrogen (secondary N) is 1. The van der Waals surface area contributed by atoms with Crippen LogP contribution in [0.4, 0.5) is 11.6 Å². The van der Waals surface area contributed by atoms with Crippen LogP contribution in [-0.2, 0) is 11.3 Å². The van der Waals surface area contributed by atoms with Crippen molar-refractivity contribution in [2.24, 2.45) is 0 Å². The highest BCUT2D eigenvalue weighted by Gasteiger charge is 2.22. The third kappa shape index (κ3) is 3.74. The molecule has 1 aromatic carbocycles. The van der Waals surface area contributed by atoms with Crippen LogP contribution < -0.4 is 5.32 Å². The summed E-state index contributed by atoms with van der Waals surface area (Å²) in [6.45, 7) is 3.64. The molecule has 10 nitrogen and oxygen atoms in total. The van der Waals surface area contributed by atoms with E-state index in [0.29, 0.717) is 6.54 Å². The van der Waals surface area contributed by atoms with Gasteiger partial charge >= 0.3 is 5.69 Å². The molecule has 0 radical (unpaired) electrons. The molecule has 3 aromatic rings. The molecule has 0 aliphatic heterocycles. The zero-order chi connectivity index (χ0) is 18.7. The fourth-order valence-electron chi connectivity index (χ4n) is 2.38.